The van der Waals surface area contributed by atoms with Gasteiger partial charge in [0, 0.05) is 30.8 Å². The zero-order valence-electron chi connectivity index (χ0n) is 16.5. The van der Waals surface area contributed by atoms with E-state index < -0.39 is 5.97 Å². The molecular formula is C23H24N2O4. The third-order valence-corrected chi connectivity index (χ3v) is 4.61. The standard InChI is InChI=1S/C23H24N2O4/c1-15(18-8-9-18)12-22(27)25-20-10-6-17(7-11-20)14-24-23(28)19-4-3-5-21(13-19)29-16(2)26/h3-7,10-13,18H,8-9,14H2,1-2H3,(H,24,28)(H,25,27)/b15-12+. The number of amides is 2. The summed E-state index contributed by atoms with van der Waals surface area (Å²) >= 11 is 0. The lowest BCUT2D eigenvalue weighted by atomic mass is 10.1. The van der Waals surface area contributed by atoms with Crippen LogP contribution < -0.4 is 15.4 Å². The highest BCUT2D eigenvalue weighted by atomic mass is 16.5. The van der Waals surface area contributed by atoms with Crippen molar-refractivity contribution in [3.8, 4) is 5.75 Å². The predicted octanol–water partition coefficient (Wildman–Crippen LogP) is 3.84. The Hall–Kier alpha value is -3.41. The third kappa shape index (κ3) is 6.31. The van der Waals surface area contributed by atoms with Gasteiger partial charge in [-0.05, 0) is 61.6 Å². The fraction of sp³-hybridized carbons (Fsp3) is 0.261. The summed E-state index contributed by atoms with van der Waals surface area (Å²) in [6.45, 7) is 3.64. The van der Waals surface area contributed by atoms with Crippen LogP contribution in [0.4, 0.5) is 5.69 Å². The second-order valence-electron chi connectivity index (χ2n) is 7.15. The molecule has 3 rings (SSSR count). The molecule has 2 amide bonds. The average molecular weight is 392 g/mol. The molecule has 1 fully saturated rings. The van der Waals surface area contributed by atoms with Crippen molar-refractivity contribution in [2.45, 2.75) is 33.2 Å². The summed E-state index contributed by atoms with van der Waals surface area (Å²) in [6, 6.07) is 13.8. The maximum Gasteiger partial charge on any atom is 0.308 e. The molecule has 6 nitrogen and oxygen atoms in total. The quantitative estimate of drug-likeness (QED) is 0.426. The number of carbonyl (C=O) groups excluding carboxylic acids is 3. The SMILES string of the molecule is CC(=O)Oc1cccc(C(=O)NCc2ccc(NC(=O)/C=C(\C)C3CC3)cc2)c1. The van der Waals surface area contributed by atoms with Crippen LogP contribution in [0.25, 0.3) is 0 Å². The second kappa shape index (κ2) is 9.19. The number of nitrogens with one attached hydrogen (secondary N) is 2. The molecule has 2 aromatic rings. The van der Waals surface area contributed by atoms with Gasteiger partial charge in [0.05, 0.1) is 0 Å². The number of benzene rings is 2. The van der Waals surface area contributed by atoms with Gasteiger partial charge in [0.25, 0.3) is 5.91 Å². The Kier molecular flexibility index (Phi) is 6.44. The lowest BCUT2D eigenvalue weighted by Crippen LogP contribution is -2.22. The molecular weight excluding hydrogens is 368 g/mol. The van der Waals surface area contributed by atoms with Crippen LogP contribution in [0.5, 0.6) is 5.75 Å². The van der Waals surface area contributed by atoms with E-state index in [9.17, 15) is 14.4 Å². The Morgan fingerprint density at radius 2 is 1.79 bits per heavy atom. The molecule has 0 aliphatic heterocycles. The molecule has 150 valence electrons. The van der Waals surface area contributed by atoms with Gasteiger partial charge in [0.15, 0.2) is 0 Å². The molecule has 2 N–H and O–H groups in total. The summed E-state index contributed by atoms with van der Waals surface area (Å²) in [5.41, 5.74) is 3.14. The van der Waals surface area contributed by atoms with Crippen LogP contribution in [0.15, 0.2) is 60.2 Å². The Morgan fingerprint density at radius 1 is 1.07 bits per heavy atom. The molecule has 1 saturated carbocycles. The van der Waals surface area contributed by atoms with Crippen LogP contribution in [0.1, 0.15) is 42.6 Å². The van der Waals surface area contributed by atoms with Gasteiger partial charge in [-0.15, -0.1) is 0 Å². The first kappa shape index (κ1) is 20.3. The van der Waals surface area contributed by atoms with Gasteiger partial charge in [0.1, 0.15) is 5.75 Å². The largest absolute Gasteiger partial charge is 0.427 e. The van der Waals surface area contributed by atoms with Crippen molar-refractivity contribution in [3.63, 3.8) is 0 Å². The fourth-order valence-electron chi connectivity index (χ4n) is 2.90. The first-order valence-corrected chi connectivity index (χ1v) is 9.55. The lowest BCUT2D eigenvalue weighted by molar-refractivity contribution is -0.131. The first-order chi connectivity index (χ1) is 13.9. The van der Waals surface area contributed by atoms with Crippen LogP contribution in [-0.2, 0) is 16.1 Å². The molecule has 6 heteroatoms. The number of allylic oxidation sites excluding steroid dienone is 1. The van der Waals surface area contributed by atoms with E-state index in [0.717, 1.165) is 11.1 Å². The minimum atomic E-state index is -0.437. The zero-order valence-corrected chi connectivity index (χ0v) is 16.5. The summed E-state index contributed by atoms with van der Waals surface area (Å²) in [6.07, 6.45) is 4.00. The number of esters is 1. The molecule has 0 bridgehead atoms. The van der Waals surface area contributed by atoms with E-state index in [1.807, 2.05) is 19.1 Å². The average Bonchev–Trinajstić information content (AvgIpc) is 3.52. The Labute approximate surface area is 170 Å². The molecule has 0 spiro atoms. The number of ether oxygens (including phenoxy) is 1. The van der Waals surface area contributed by atoms with E-state index in [1.165, 1.54) is 25.8 Å². The number of rotatable bonds is 7. The molecule has 0 heterocycles. The van der Waals surface area contributed by atoms with Crippen molar-refractivity contribution in [3.05, 3.63) is 71.3 Å². The molecule has 0 aromatic heterocycles. The number of carbonyl (C=O) groups is 3. The molecule has 1 aliphatic carbocycles. The van der Waals surface area contributed by atoms with Crippen molar-refractivity contribution >= 4 is 23.5 Å². The summed E-state index contributed by atoms with van der Waals surface area (Å²) in [5.74, 6) is 0.0748. The molecule has 1 aliphatic rings. The monoisotopic (exact) mass is 392 g/mol. The highest BCUT2D eigenvalue weighted by Gasteiger charge is 2.23. The van der Waals surface area contributed by atoms with Crippen molar-refractivity contribution in [2.24, 2.45) is 5.92 Å². The van der Waals surface area contributed by atoms with E-state index in [0.29, 0.717) is 29.5 Å². The van der Waals surface area contributed by atoms with E-state index in [4.69, 9.17) is 4.74 Å². The Balaban J connectivity index is 1.52. The molecule has 2 aromatic carbocycles. The Morgan fingerprint density at radius 3 is 2.45 bits per heavy atom. The van der Waals surface area contributed by atoms with Crippen molar-refractivity contribution in [1.29, 1.82) is 0 Å². The topological polar surface area (TPSA) is 84.5 Å². The number of hydrogen-bond acceptors (Lipinski definition) is 4. The highest BCUT2D eigenvalue weighted by molar-refractivity contribution is 5.99. The van der Waals surface area contributed by atoms with Crippen molar-refractivity contribution in [1.82, 2.24) is 5.32 Å². The van der Waals surface area contributed by atoms with Gasteiger partial charge in [-0.1, -0.05) is 23.8 Å². The van der Waals surface area contributed by atoms with Crippen molar-refractivity contribution < 1.29 is 19.1 Å². The van der Waals surface area contributed by atoms with Crippen LogP contribution >= 0.6 is 0 Å². The van der Waals surface area contributed by atoms with Gasteiger partial charge in [-0.2, -0.15) is 0 Å². The summed E-state index contributed by atoms with van der Waals surface area (Å²) in [4.78, 5) is 35.4. The third-order valence-electron chi connectivity index (χ3n) is 4.61. The predicted molar refractivity (Wildman–Crippen MR) is 110 cm³/mol. The minimum Gasteiger partial charge on any atom is -0.427 e. The summed E-state index contributed by atoms with van der Waals surface area (Å²) in [5, 5.41) is 5.68. The maximum absolute atomic E-state index is 12.3. The molecule has 29 heavy (non-hydrogen) atoms. The lowest BCUT2D eigenvalue weighted by Gasteiger charge is -2.08. The molecule has 0 saturated heterocycles. The Bertz CT molecular complexity index is 944. The van der Waals surface area contributed by atoms with Gasteiger partial charge < -0.3 is 15.4 Å². The molecule has 0 unspecified atom stereocenters. The van der Waals surface area contributed by atoms with Gasteiger partial charge in [-0.25, -0.2) is 0 Å². The maximum atomic E-state index is 12.3. The number of hydrogen-bond donors (Lipinski definition) is 2. The van der Waals surface area contributed by atoms with E-state index in [2.05, 4.69) is 10.6 Å². The van der Waals surface area contributed by atoms with E-state index >= 15 is 0 Å². The van der Waals surface area contributed by atoms with Crippen LogP contribution in [0.2, 0.25) is 0 Å². The van der Waals surface area contributed by atoms with Crippen molar-refractivity contribution in [2.75, 3.05) is 5.32 Å². The molecule has 0 radical (unpaired) electrons. The first-order valence-electron chi connectivity index (χ1n) is 9.55. The second-order valence-corrected chi connectivity index (χ2v) is 7.15. The molecule has 0 atom stereocenters. The van der Waals surface area contributed by atoms with Crippen LogP contribution in [-0.4, -0.2) is 17.8 Å². The summed E-state index contributed by atoms with van der Waals surface area (Å²) < 4.78 is 5.00. The highest BCUT2D eigenvalue weighted by Crippen LogP contribution is 2.35. The minimum absolute atomic E-state index is 0.122. The number of anilines is 1. The van der Waals surface area contributed by atoms with Gasteiger partial charge >= 0.3 is 5.97 Å². The fourth-order valence-corrected chi connectivity index (χ4v) is 2.90. The smallest absolute Gasteiger partial charge is 0.308 e. The van der Waals surface area contributed by atoms with Crippen LogP contribution in [0, 0.1) is 5.92 Å². The van der Waals surface area contributed by atoms with Gasteiger partial charge in [-0.3, -0.25) is 14.4 Å². The van der Waals surface area contributed by atoms with E-state index in [1.54, 1.807) is 36.4 Å². The van der Waals surface area contributed by atoms with E-state index in [-0.39, 0.29) is 11.8 Å². The van der Waals surface area contributed by atoms with Gasteiger partial charge in [0.2, 0.25) is 5.91 Å². The normalized spacial score (nSPS) is 13.5. The zero-order chi connectivity index (χ0) is 20.8. The van der Waals surface area contributed by atoms with Crippen LogP contribution in [0.3, 0.4) is 0 Å². The summed E-state index contributed by atoms with van der Waals surface area (Å²) in [7, 11) is 0.